The molecule has 3 heteroatoms. The van der Waals surface area contributed by atoms with Crippen LogP contribution in [0.3, 0.4) is 0 Å². The number of benzene rings is 11. The zero-order valence-corrected chi connectivity index (χ0v) is 36.7. The third-order valence-electron chi connectivity index (χ3n) is 12.8. The van der Waals surface area contributed by atoms with Crippen molar-refractivity contribution in [2.75, 3.05) is 9.80 Å². The predicted molar refractivity (Wildman–Crippen MR) is 282 cm³/mol. The van der Waals surface area contributed by atoms with E-state index in [9.17, 15) is 0 Å². The number of hydrogen-bond donors (Lipinski definition) is 0. The molecule has 0 saturated heterocycles. The fraction of sp³-hybridized carbons (Fsp3) is 0. The first kappa shape index (κ1) is 39.7. The second-order valence-electron chi connectivity index (χ2n) is 16.9. The topological polar surface area (TPSA) is 19.6 Å². The van der Waals surface area contributed by atoms with E-state index in [2.05, 4.69) is 277 Å². The van der Waals surface area contributed by atoms with Gasteiger partial charge in [0.15, 0.2) is 5.58 Å². The predicted octanol–water partition coefficient (Wildman–Crippen LogP) is 18.3. The van der Waals surface area contributed by atoms with Crippen molar-refractivity contribution in [3.8, 4) is 44.5 Å². The molecular formula is C64H44N2O. The molecule has 316 valence electrons. The minimum Gasteiger partial charge on any atom is -0.453 e. The van der Waals surface area contributed by atoms with Gasteiger partial charge in [-0.1, -0.05) is 206 Å². The molecule has 0 spiro atoms. The third kappa shape index (κ3) is 7.39. The summed E-state index contributed by atoms with van der Waals surface area (Å²) in [4.78, 5) is 4.79. The van der Waals surface area contributed by atoms with Crippen molar-refractivity contribution in [2.45, 2.75) is 0 Å². The van der Waals surface area contributed by atoms with E-state index in [0.717, 1.165) is 94.7 Å². The Hall–Kier alpha value is -8.92. The van der Waals surface area contributed by atoms with Gasteiger partial charge in [0.25, 0.3) is 0 Å². The van der Waals surface area contributed by atoms with E-state index in [1.165, 1.54) is 16.7 Å². The molecule has 3 nitrogen and oxygen atoms in total. The summed E-state index contributed by atoms with van der Waals surface area (Å²) in [6.45, 7) is 0. The minimum absolute atomic E-state index is 0.808. The van der Waals surface area contributed by atoms with Gasteiger partial charge in [-0.15, -0.1) is 0 Å². The first-order chi connectivity index (χ1) is 33.2. The van der Waals surface area contributed by atoms with Gasteiger partial charge in [-0.05, 0) is 105 Å². The summed E-state index contributed by atoms with van der Waals surface area (Å²) in [5.74, 6) is 0. The Balaban J connectivity index is 1.16. The van der Waals surface area contributed by atoms with Gasteiger partial charge in [-0.2, -0.15) is 0 Å². The summed E-state index contributed by atoms with van der Waals surface area (Å²) in [6, 6.07) is 95.5. The maximum Gasteiger partial charge on any atom is 0.159 e. The summed E-state index contributed by atoms with van der Waals surface area (Å²) in [5.41, 5.74) is 17.0. The fourth-order valence-electron chi connectivity index (χ4n) is 9.66. The van der Waals surface area contributed by atoms with E-state index in [1.54, 1.807) is 0 Å². The van der Waals surface area contributed by atoms with Crippen LogP contribution >= 0.6 is 0 Å². The normalized spacial score (nSPS) is 11.3. The number of nitrogens with zero attached hydrogens (tertiary/aromatic N) is 2. The summed E-state index contributed by atoms with van der Waals surface area (Å²) in [5, 5.41) is 4.30. The standard InChI is InChI=1S/C64H44N2O/c1-6-20-45(21-7-1)46-34-37-52(38-35-46)66(61-33-19-18-31-56(61)48-24-10-3-11-25-48)54-43-60-58-40-36-50-28-16-17-32-57(50)63(58)67-64(60)62(44-54)65(51-29-14-5-15-30-51)53-39-41-55(47-22-8-2-9-23-47)59(42-53)49-26-12-4-13-27-49/h1-44H. The van der Waals surface area contributed by atoms with Crippen molar-refractivity contribution >= 4 is 66.8 Å². The molecule has 1 heterocycles. The molecule has 0 unspecified atom stereocenters. The highest BCUT2D eigenvalue weighted by Gasteiger charge is 2.26. The summed E-state index contributed by atoms with van der Waals surface area (Å²) < 4.78 is 7.27. The number of hydrogen-bond acceptors (Lipinski definition) is 3. The second kappa shape index (κ2) is 17.2. The lowest BCUT2D eigenvalue weighted by molar-refractivity contribution is 0.673. The van der Waals surface area contributed by atoms with Crippen LogP contribution in [0.4, 0.5) is 34.1 Å². The highest BCUT2D eigenvalue weighted by Crippen LogP contribution is 2.50. The van der Waals surface area contributed by atoms with Gasteiger partial charge in [0.1, 0.15) is 5.58 Å². The fourth-order valence-corrected chi connectivity index (χ4v) is 9.66. The van der Waals surface area contributed by atoms with Crippen molar-refractivity contribution in [3.63, 3.8) is 0 Å². The van der Waals surface area contributed by atoms with Gasteiger partial charge < -0.3 is 14.2 Å². The quantitative estimate of drug-likeness (QED) is 0.137. The first-order valence-corrected chi connectivity index (χ1v) is 22.8. The molecule has 0 saturated carbocycles. The van der Waals surface area contributed by atoms with Crippen LogP contribution in [0, 0.1) is 0 Å². The lowest BCUT2D eigenvalue weighted by atomic mass is 9.93. The van der Waals surface area contributed by atoms with Crippen molar-refractivity contribution in [2.24, 2.45) is 0 Å². The Labute approximate surface area is 390 Å². The average Bonchev–Trinajstić information content (AvgIpc) is 3.80. The van der Waals surface area contributed by atoms with Gasteiger partial charge in [0, 0.05) is 44.5 Å². The molecule has 0 aliphatic heterocycles. The summed E-state index contributed by atoms with van der Waals surface area (Å²) >= 11 is 0. The largest absolute Gasteiger partial charge is 0.453 e. The smallest absolute Gasteiger partial charge is 0.159 e. The Morgan fingerprint density at radius 3 is 1.43 bits per heavy atom. The van der Waals surface area contributed by atoms with E-state index in [0.29, 0.717) is 0 Å². The van der Waals surface area contributed by atoms with Crippen LogP contribution in [-0.4, -0.2) is 0 Å². The number of fused-ring (bicyclic) bond motifs is 5. The second-order valence-corrected chi connectivity index (χ2v) is 16.9. The van der Waals surface area contributed by atoms with Crippen LogP contribution in [0.5, 0.6) is 0 Å². The molecule has 0 amide bonds. The van der Waals surface area contributed by atoms with Gasteiger partial charge in [0.05, 0.1) is 11.4 Å². The molecule has 11 aromatic carbocycles. The van der Waals surface area contributed by atoms with Crippen molar-refractivity contribution < 1.29 is 4.42 Å². The van der Waals surface area contributed by atoms with Gasteiger partial charge in [-0.25, -0.2) is 0 Å². The number of furan rings is 1. The van der Waals surface area contributed by atoms with E-state index >= 15 is 0 Å². The van der Waals surface area contributed by atoms with Crippen LogP contribution in [0.2, 0.25) is 0 Å². The molecule has 12 aromatic rings. The molecule has 0 fully saturated rings. The Bertz CT molecular complexity index is 3660. The van der Waals surface area contributed by atoms with E-state index < -0.39 is 0 Å². The van der Waals surface area contributed by atoms with Crippen molar-refractivity contribution in [3.05, 3.63) is 267 Å². The highest BCUT2D eigenvalue weighted by atomic mass is 16.3. The molecule has 0 N–H and O–H groups in total. The summed E-state index contributed by atoms with van der Waals surface area (Å²) in [6.07, 6.45) is 0. The van der Waals surface area contributed by atoms with Crippen LogP contribution in [0.15, 0.2) is 271 Å². The van der Waals surface area contributed by atoms with Crippen LogP contribution in [0.25, 0.3) is 77.2 Å². The van der Waals surface area contributed by atoms with E-state index in [1.807, 2.05) is 0 Å². The van der Waals surface area contributed by atoms with Crippen molar-refractivity contribution in [1.82, 2.24) is 0 Å². The van der Waals surface area contributed by atoms with Crippen LogP contribution in [-0.2, 0) is 0 Å². The molecule has 1 aromatic heterocycles. The molecule has 0 radical (unpaired) electrons. The minimum atomic E-state index is 0.808. The highest BCUT2D eigenvalue weighted by molar-refractivity contribution is 6.19. The molecule has 0 aliphatic rings. The molecular weight excluding hydrogens is 813 g/mol. The van der Waals surface area contributed by atoms with E-state index in [-0.39, 0.29) is 0 Å². The molecule has 0 aliphatic carbocycles. The zero-order valence-electron chi connectivity index (χ0n) is 36.7. The molecule has 12 rings (SSSR count). The van der Waals surface area contributed by atoms with Gasteiger partial charge in [0.2, 0.25) is 0 Å². The lowest BCUT2D eigenvalue weighted by Gasteiger charge is -2.31. The maximum absolute atomic E-state index is 7.27. The SMILES string of the molecule is c1ccc(-c2ccc(N(c3cc(N(c4ccccc4)c4ccc(-c5ccccc5)c(-c5ccccc5)c4)c4oc5c6ccccc6ccc5c4c3)c3ccccc3-c3ccccc3)cc2)cc1. The first-order valence-electron chi connectivity index (χ1n) is 22.8. The summed E-state index contributed by atoms with van der Waals surface area (Å²) in [7, 11) is 0. The molecule has 0 atom stereocenters. The Morgan fingerprint density at radius 2 is 0.746 bits per heavy atom. The van der Waals surface area contributed by atoms with Crippen molar-refractivity contribution in [1.29, 1.82) is 0 Å². The lowest BCUT2D eigenvalue weighted by Crippen LogP contribution is -2.14. The van der Waals surface area contributed by atoms with Gasteiger partial charge in [-0.3, -0.25) is 0 Å². The monoisotopic (exact) mass is 856 g/mol. The van der Waals surface area contributed by atoms with Gasteiger partial charge >= 0.3 is 0 Å². The van der Waals surface area contributed by atoms with Crippen LogP contribution < -0.4 is 9.80 Å². The molecule has 67 heavy (non-hydrogen) atoms. The average molecular weight is 857 g/mol. The number of rotatable bonds is 10. The van der Waals surface area contributed by atoms with Crippen LogP contribution in [0.1, 0.15) is 0 Å². The number of para-hydroxylation sites is 2. The Morgan fingerprint density at radius 1 is 0.239 bits per heavy atom. The Kier molecular flexibility index (Phi) is 10.2. The maximum atomic E-state index is 7.27. The van der Waals surface area contributed by atoms with E-state index in [4.69, 9.17) is 4.42 Å². The zero-order chi connectivity index (χ0) is 44.5. The number of anilines is 6. The third-order valence-corrected chi connectivity index (χ3v) is 12.8. The molecule has 0 bridgehead atoms.